The number of halogens is 4. The van der Waals surface area contributed by atoms with Gasteiger partial charge in [-0.25, -0.2) is 4.39 Å². The SMILES string of the molecule is O=C(Nc1cccc(C(F)(F)F)c1)c1nnc(-c2ccc(F)cc2)o1. The molecule has 2 aromatic carbocycles. The van der Waals surface area contributed by atoms with E-state index in [0.717, 1.165) is 18.2 Å². The van der Waals surface area contributed by atoms with E-state index in [9.17, 15) is 22.4 Å². The third-order valence-corrected chi connectivity index (χ3v) is 3.16. The van der Waals surface area contributed by atoms with E-state index in [1.165, 1.54) is 30.3 Å². The lowest BCUT2D eigenvalue weighted by atomic mass is 10.2. The van der Waals surface area contributed by atoms with Crippen LogP contribution in [0.5, 0.6) is 0 Å². The summed E-state index contributed by atoms with van der Waals surface area (Å²) in [5.41, 5.74) is -0.573. The first-order chi connectivity index (χ1) is 11.8. The lowest BCUT2D eigenvalue weighted by molar-refractivity contribution is -0.137. The Hall–Kier alpha value is -3.23. The van der Waals surface area contributed by atoms with Gasteiger partial charge < -0.3 is 9.73 Å². The molecule has 1 N–H and O–H groups in total. The lowest BCUT2D eigenvalue weighted by Gasteiger charge is -2.08. The number of hydrogen-bond donors (Lipinski definition) is 1. The molecule has 9 heteroatoms. The Labute approximate surface area is 138 Å². The van der Waals surface area contributed by atoms with E-state index in [1.807, 2.05) is 0 Å². The van der Waals surface area contributed by atoms with Crippen LogP contribution in [0.4, 0.5) is 23.2 Å². The highest BCUT2D eigenvalue weighted by Gasteiger charge is 2.30. The second-order valence-electron chi connectivity index (χ2n) is 4.95. The average molecular weight is 351 g/mol. The number of amides is 1. The van der Waals surface area contributed by atoms with Crippen LogP contribution in [0.2, 0.25) is 0 Å². The zero-order valence-corrected chi connectivity index (χ0v) is 12.3. The van der Waals surface area contributed by atoms with E-state index >= 15 is 0 Å². The molecule has 0 aliphatic carbocycles. The Kier molecular flexibility index (Phi) is 4.22. The van der Waals surface area contributed by atoms with Gasteiger partial charge in [0.1, 0.15) is 5.82 Å². The number of carbonyl (C=O) groups is 1. The van der Waals surface area contributed by atoms with Gasteiger partial charge in [0.05, 0.1) is 5.56 Å². The van der Waals surface area contributed by atoms with Crippen molar-refractivity contribution >= 4 is 11.6 Å². The van der Waals surface area contributed by atoms with Gasteiger partial charge in [-0.05, 0) is 42.5 Å². The molecule has 0 unspecified atom stereocenters. The molecule has 0 atom stereocenters. The Morgan fingerprint density at radius 1 is 1.04 bits per heavy atom. The molecule has 0 radical (unpaired) electrons. The summed E-state index contributed by atoms with van der Waals surface area (Å²) in [5.74, 6) is -1.77. The number of alkyl halides is 3. The van der Waals surface area contributed by atoms with Crippen LogP contribution in [0.25, 0.3) is 11.5 Å². The normalized spacial score (nSPS) is 11.4. The number of rotatable bonds is 3. The summed E-state index contributed by atoms with van der Waals surface area (Å²) in [6.07, 6.45) is -4.53. The maximum absolute atomic E-state index is 12.9. The number of benzene rings is 2. The largest absolute Gasteiger partial charge is 0.416 e. The van der Waals surface area contributed by atoms with E-state index in [4.69, 9.17) is 4.42 Å². The molecule has 0 aliphatic heterocycles. The van der Waals surface area contributed by atoms with Crippen molar-refractivity contribution in [2.75, 3.05) is 5.32 Å². The fourth-order valence-corrected chi connectivity index (χ4v) is 1.98. The van der Waals surface area contributed by atoms with Gasteiger partial charge in [-0.15, -0.1) is 10.2 Å². The van der Waals surface area contributed by atoms with Crippen LogP contribution in [-0.2, 0) is 6.18 Å². The molecule has 0 saturated carbocycles. The number of nitrogens with zero attached hydrogens (tertiary/aromatic N) is 2. The summed E-state index contributed by atoms with van der Waals surface area (Å²) >= 11 is 0. The summed E-state index contributed by atoms with van der Waals surface area (Å²) in [5, 5.41) is 9.44. The molecule has 0 bridgehead atoms. The van der Waals surface area contributed by atoms with Crippen LogP contribution in [0.1, 0.15) is 16.2 Å². The van der Waals surface area contributed by atoms with Crippen molar-refractivity contribution in [2.24, 2.45) is 0 Å². The maximum atomic E-state index is 12.9. The zero-order valence-electron chi connectivity index (χ0n) is 12.3. The summed E-state index contributed by atoms with van der Waals surface area (Å²) in [7, 11) is 0. The Bertz CT molecular complexity index is 904. The quantitative estimate of drug-likeness (QED) is 0.720. The fourth-order valence-electron chi connectivity index (χ4n) is 1.98. The number of hydrogen-bond acceptors (Lipinski definition) is 4. The minimum atomic E-state index is -4.53. The molecule has 3 rings (SSSR count). The predicted octanol–water partition coefficient (Wildman–Crippen LogP) is 4.15. The second-order valence-corrected chi connectivity index (χ2v) is 4.95. The van der Waals surface area contributed by atoms with Crippen molar-refractivity contribution in [1.82, 2.24) is 10.2 Å². The van der Waals surface area contributed by atoms with Crippen molar-refractivity contribution in [3.05, 3.63) is 65.8 Å². The molecule has 1 heterocycles. The van der Waals surface area contributed by atoms with Gasteiger partial charge in [0.15, 0.2) is 0 Å². The van der Waals surface area contributed by atoms with Gasteiger partial charge in [0.2, 0.25) is 5.89 Å². The van der Waals surface area contributed by atoms with Crippen molar-refractivity contribution in [3.8, 4) is 11.5 Å². The van der Waals surface area contributed by atoms with Crippen LogP contribution < -0.4 is 5.32 Å². The van der Waals surface area contributed by atoms with Crippen LogP contribution in [0.15, 0.2) is 52.9 Å². The first-order valence-electron chi connectivity index (χ1n) is 6.91. The Morgan fingerprint density at radius 2 is 1.76 bits per heavy atom. The van der Waals surface area contributed by atoms with E-state index in [2.05, 4.69) is 15.5 Å². The Balaban J connectivity index is 1.77. The molecule has 3 aromatic rings. The third-order valence-electron chi connectivity index (χ3n) is 3.16. The fraction of sp³-hybridized carbons (Fsp3) is 0.0625. The van der Waals surface area contributed by atoms with Crippen LogP contribution in [-0.4, -0.2) is 16.1 Å². The van der Waals surface area contributed by atoms with E-state index in [-0.39, 0.29) is 11.6 Å². The third kappa shape index (κ3) is 3.82. The van der Waals surface area contributed by atoms with Crippen LogP contribution in [0.3, 0.4) is 0 Å². The predicted molar refractivity (Wildman–Crippen MR) is 79.1 cm³/mol. The van der Waals surface area contributed by atoms with Gasteiger partial charge in [0, 0.05) is 11.3 Å². The highest BCUT2D eigenvalue weighted by atomic mass is 19.4. The first kappa shape index (κ1) is 16.6. The van der Waals surface area contributed by atoms with Gasteiger partial charge in [-0.1, -0.05) is 6.07 Å². The smallest absolute Gasteiger partial charge is 0.412 e. The molecule has 0 fully saturated rings. The average Bonchev–Trinajstić information content (AvgIpc) is 3.05. The molecule has 1 amide bonds. The van der Waals surface area contributed by atoms with Crippen molar-refractivity contribution < 1.29 is 26.8 Å². The topological polar surface area (TPSA) is 68.0 Å². The molecule has 128 valence electrons. The van der Waals surface area contributed by atoms with Crippen LogP contribution >= 0.6 is 0 Å². The number of carbonyl (C=O) groups excluding carboxylic acids is 1. The zero-order chi connectivity index (χ0) is 18.0. The van der Waals surface area contributed by atoms with Crippen molar-refractivity contribution in [3.63, 3.8) is 0 Å². The van der Waals surface area contributed by atoms with Gasteiger partial charge in [-0.2, -0.15) is 13.2 Å². The number of nitrogens with one attached hydrogen (secondary N) is 1. The maximum Gasteiger partial charge on any atom is 0.416 e. The molecule has 5 nitrogen and oxygen atoms in total. The highest BCUT2D eigenvalue weighted by molar-refractivity contribution is 6.01. The van der Waals surface area contributed by atoms with Crippen molar-refractivity contribution in [1.29, 1.82) is 0 Å². The first-order valence-corrected chi connectivity index (χ1v) is 6.91. The monoisotopic (exact) mass is 351 g/mol. The molecular weight excluding hydrogens is 342 g/mol. The summed E-state index contributed by atoms with van der Waals surface area (Å²) < 4.78 is 56.0. The lowest BCUT2D eigenvalue weighted by Crippen LogP contribution is -2.13. The van der Waals surface area contributed by atoms with Gasteiger partial charge in [-0.3, -0.25) is 4.79 Å². The van der Waals surface area contributed by atoms with Gasteiger partial charge in [0.25, 0.3) is 0 Å². The molecule has 0 aliphatic rings. The van der Waals surface area contributed by atoms with E-state index in [1.54, 1.807) is 0 Å². The minimum absolute atomic E-state index is 0.0193. The molecule has 25 heavy (non-hydrogen) atoms. The molecule has 0 saturated heterocycles. The van der Waals surface area contributed by atoms with E-state index < -0.39 is 29.4 Å². The summed E-state index contributed by atoms with van der Waals surface area (Å²) in [6, 6.07) is 9.27. The van der Waals surface area contributed by atoms with E-state index in [0.29, 0.717) is 5.56 Å². The highest BCUT2D eigenvalue weighted by Crippen LogP contribution is 2.30. The second kappa shape index (κ2) is 6.34. The number of anilines is 1. The molecule has 0 spiro atoms. The minimum Gasteiger partial charge on any atom is -0.412 e. The summed E-state index contributed by atoms with van der Waals surface area (Å²) in [4.78, 5) is 12.0. The van der Waals surface area contributed by atoms with Crippen molar-refractivity contribution in [2.45, 2.75) is 6.18 Å². The van der Waals surface area contributed by atoms with Gasteiger partial charge >= 0.3 is 18.0 Å². The standard InChI is InChI=1S/C16H9F4N3O2/c17-11-6-4-9(5-7-11)14-22-23-15(25-14)13(24)21-12-3-1-2-10(8-12)16(18,19)20/h1-8H,(H,21,24). The molecule has 1 aromatic heterocycles. The Morgan fingerprint density at radius 3 is 2.44 bits per heavy atom. The summed E-state index contributed by atoms with van der Waals surface area (Å²) in [6.45, 7) is 0. The molecular formula is C16H9F4N3O2. The number of aromatic nitrogens is 2. The van der Waals surface area contributed by atoms with Crippen LogP contribution in [0, 0.1) is 5.82 Å².